The number of hydrogen-bond acceptors (Lipinski definition) is 5. The summed E-state index contributed by atoms with van der Waals surface area (Å²) < 4.78 is 42.7. The van der Waals surface area contributed by atoms with Gasteiger partial charge in [0.1, 0.15) is 12.1 Å². The molecule has 0 radical (unpaired) electrons. The molecule has 0 saturated carbocycles. The second kappa shape index (κ2) is 14.4. The van der Waals surface area contributed by atoms with Crippen molar-refractivity contribution in [2.45, 2.75) is 58.7 Å². The molecule has 12 heteroatoms. The monoisotopic (exact) mass is 650 g/mol. The minimum absolute atomic E-state index is 0.186. The number of amidine groups is 1. The lowest BCUT2D eigenvalue weighted by atomic mass is 9.96. The van der Waals surface area contributed by atoms with Crippen LogP contribution >= 0.6 is 11.8 Å². The maximum atomic E-state index is 12.9. The lowest BCUT2D eigenvalue weighted by molar-refractivity contribution is -0.274. The van der Waals surface area contributed by atoms with Crippen molar-refractivity contribution in [1.29, 1.82) is 0 Å². The standard InChI is InChI=1S/C34H37F3N6O2S/c1-22(2)29-15-6-23(3)20-30(29)42-18-5-19-46-33(42)40-32(44)38-17-16-24(4)25-7-9-26(10-8-25)31-39-21-43(41-31)27-11-13-28(14-12-27)45-34(35,36)37/h6-15,20-22,24H,5,16-19H2,1-4H3,(H,38,44). The molecule has 1 unspecified atom stereocenters. The molecule has 1 atom stereocenters. The van der Waals surface area contributed by atoms with Crippen LogP contribution in [0.25, 0.3) is 17.1 Å². The number of carbonyl (C=O) groups excluding carboxylic acids is 1. The molecular formula is C34H37F3N6O2S. The molecule has 5 rings (SSSR count). The molecule has 1 aliphatic heterocycles. The van der Waals surface area contributed by atoms with Crippen LogP contribution in [0.1, 0.15) is 62.1 Å². The van der Waals surface area contributed by atoms with Gasteiger partial charge in [-0.15, -0.1) is 18.3 Å². The van der Waals surface area contributed by atoms with Gasteiger partial charge in [0.05, 0.1) is 5.69 Å². The Morgan fingerprint density at radius 1 is 1.07 bits per heavy atom. The third-order valence-corrected chi connectivity index (χ3v) is 8.76. The number of rotatable bonds is 9. The largest absolute Gasteiger partial charge is 0.573 e. The van der Waals surface area contributed by atoms with E-state index in [1.807, 2.05) is 24.3 Å². The molecule has 1 saturated heterocycles. The summed E-state index contributed by atoms with van der Waals surface area (Å²) in [7, 11) is 0. The number of aryl methyl sites for hydroxylation is 1. The van der Waals surface area contributed by atoms with Crippen LogP contribution in [0, 0.1) is 6.92 Å². The Morgan fingerprint density at radius 2 is 1.80 bits per heavy atom. The number of hydrogen-bond donors (Lipinski definition) is 1. The minimum Gasteiger partial charge on any atom is -0.406 e. The van der Waals surface area contributed by atoms with Crippen molar-refractivity contribution in [3.05, 3.63) is 89.7 Å². The third-order valence-electron chi connectivity index (χ3n) is 7.70. The molecule has 1 aliphatic rings. The zero-order chi connectivity index (χ0) is 32.8. The highest BCUT2D eigenvalue weighted by Gasteiger charge is 2.31. The summed E-state index contributed by atoms with van der Waals surface area (Å²) in [6.07, 6.45) is -1.47. The molecule has 3 aromatic carbocycles. The number of halogens is 3. The lowest BCUT2D eigenvalue weighted by Crippen LogP contribution is -2.36. The third kappa shape index (κ3) is 8.48. The SMILES string of the molecule is Cc1ccc(C(C)C)c(N2CCCSC2=NC(=O)NCCC(C)c2ccc(-c3ncn(-c4ccc(OC(F)(F)F)cc4)n3)cc2)c1. The molecule has 8 nitrogen and oxygen atoms in total. The summed E-state index contributed by atoms with van der Waals surface area (Å²) in [4.78, 5) is 23.9. The molecule has 2 amide bonds. The molecule has 1 aromatic heterocycles. The number of amides is 2. The Labute approximate surface area is 271 Å². The smallest absolute Gasteiger partial charge is 0.406 e. The van der Waals surface area contributed by atoms with Crippen molar-refractivity contribution in [2.75, 3.05) is 23.7 Å². The van der Waals surface area contributed by atoms with E-state index < -0.39 is 6.36 Å². The van der Waals surface area contributed by atoms with E-state index in [1.54, 1.807) is 11.8 Å². The number of aliphatic imine (C=N–C) groups is 1. The molecule has 1 N–H and O–H groups in total. The van der Waals surface area contributed by atoms with Crippen LogP contribution in [0.4, 0.5) is 23.7 Å². The van der Waals surface area contributed by atoms with Gasteiger partial charge in [-0.3, -0.25) is 0 Å². The summed E-state index contributed by atoms with van der Waals surface area (Å²) in [6.45, 7) is 9.87. The Kier molecular flexibility index (Phi) is 10.4. The van der Waals surface area contributed by atoms with Crippen molar-refractivity contribution >= 4 is 28.6 Å². The summed E-state index contributed by atoms with van der Waals surface area (Å²) >= 11 is 1.62. The van der Waals surface area contributed by atoms with Gasteiger partial charge < -0.3 is 15.0 Å². The van der Waals surface area contributed by atoms with Crippen LogP contribution < -0.4 is 15.0 Å². The van der Waals surface area contributed by atoms with Crippen LogP contribution in [0.5, 0.6) is 5.75 Å². The second-order valence-corrected chi connectivity index (χ2v) is 12.6. The first-order chi connectivity index (χ1) is 22.0. The van der Waals surface area contributed by atoms with E-state index in [0.29, 0.717) is 24.0 Å². The van der Waals surface area contributed by atoms with Gasteiger partial charge in [0.15, 0.2) is 11.0 Å². The molecule has 4 aromatic rings. The number of aromatic nitrogens is 3. The number of nitrogens with one attached hydrogen (secondary N) is 1. The van der Waals surface area contributed by atoms with Crippen molar-refractivity contribution in [2.24, 2.45) is 4.99 Å². The fourth-order valence-electron chi connectivity index (χ4n) is 5.22. The fourth-order valence-corrected chi connectivity index (χ4v) is 6.17. The zero-order valence-corrected chi connectivity index (χ0v) is 27.0. The number of thioether (sulfide) groups is 1. The topological polar surface area (TPSA) is 84.6 Å². The summed E-state index contributed by atoms with van der Waals surface area (Å²) in [5, 5.41) is 8.17. The molecule has 0 aliphatic carbocycles. The minimum atomic E-state index is -4.75. The van der Waals surface area contributed by atoms with Crippen LogP contribution in [0.15, 0.2) is 78.0 Å². The lowest BCUT2D eigenvalue weighted by Gasteiger charge is -2.32. The van der Waals surface area contributed by atoms with Crippen molar-refractivity contribution < 1.29 is 22.7 Å². The van der Waals surface area contributed by atoms with E-state index in [-0.39, 0.29) is 17.7 Å². The van der Waals surface area contributed by atoms with Gasteiger partial charge in [-0.05, 0) is 78.6 Å². The molecular weight excluding hydrogens is 613 g/mol. The van der Waals surface area contributed by atoms with Crippen molar-refractivity contribution in [3.63, 3.8) is 0 Å². The van der Waals surface area contributed by atoms with Crippen LogP contribution in [-0.2, 0) is 0 Å². The van der Waals surface area contributed by atoms with Gasteiger partial charge in [-0.2, -0.15) is 4.99 Å². The van der Waals surface area contributed by atoms with Gasteiger partial charge in [0, 0.05) is 30.1 Å². The first-order valence-corrected chi connectivity index (χ1v) is 16.2. The number of ether oxygens (including phenoxy) is 1. The highest BCUT2D eigenvalue weighted by atomic mass is 32.2. The van der Waals surface area contributed by atoms with Gasteiger partial charge in [0.2, 0.25) is 0 Å². The quantitative estimate of drug-likeness (QED) is 0.196. The van der Waals surface area contributed by atoms with Gasteiger partial charge >= 0.3 is 12.4 Å². The van der Waals surface area contributed by atoms with Crippen LogP contribution in [-0.4, -0.2) is 51.2 Å². The normalized spacial score (nSPS) is 15.3. The van der Waals surface area contributed by atoms with E-state index in [1.165, 1.54) is 46.4 Å². The van der Waals surface area contributed by atoms with E-state index in [4.69, 9.17) is 0 Å². The van der Waals surface area contributed by atoms with Gasteiger partial charge in [-0.25, -0.2) is 14.5 Å². The number of alkyl halides is 3. The van der Waals surface area contributed by atoms with E-state index >= 15 is 0 Å². The maximum Gasteiger partial charge on any atom is 0.573 e. The Morgan fingerprint density at radius 3 is 2.50 bits per heavy atom. The summed E-state index contributed by atoms with van der Waals surface area (Å²) in [5.41, 5.74) is 6.02. The molecule has 2 heterocycles. The summed E-state index contributed by atoms with van der Waals surface area (Å²) in [5.74, 6) is 1.66. The highest BCUT2D eigenvalue weighted by Crippen LogP contribution is 2.33. The second-order valence-electron chi connectivity index (χ2n) is 11.6. The fraction of sp³-hybridized carbons (Fsp3) is 0.353. The number of urea groups is 1. The molecule has 0 spiro atoms. The average Bonchev–Trinajstić information content (AvgIpc) is 3.51. The zero-order valence-electron chi connectivity index (χ0n) is 26.2. The summed E-state index contributed by atoms with van der Waals surface area (Å²) in [6, 6.07) is 19.5. The van der Waals surface area contributed by atoms with E-state index in [0.717, 1.165) is 47.1 Å². The predicted molar refractivity (Wildman–Crippen MR) is 177 cm³/mol. The Balaban J connectivity index is 1.16. The number of anilines is 1. The molecule has 242 valence electrons. The molecule has 0 bridgehead atoms. The van der Waals surface area contributed by atoms with Crippen molar-refractivity contribution in [3.8, 4) is 22.8 Å². The van der Waals surface area contributed by atoms with Crippen molar-refractivity contribution in [1.82, 2.24) is 20.1 Å². The first-order valence-electron chi connectivity index (χ1n) is 15.2. The van der Waals surface area contributed by atoms with Gasteiger partial charge in [0.25, 0.3) is 0 Å². The average molecular weight is 651 g/mol. The Hall–Kier alpha value is -4.32. The molecule has 1 fully saturated rings. The predicted octanol–water partition coefficient (Wildman–Crippen LogP) is 8.47. The molecule has 46 heavy (non-hydrogen) atoms. The van der Waals surface area contributed by atoms with E-state index in [2.05, 4.69) is 75.9 Å². The van der Waals surface area contributed by atoms with Gasteiger partial charge in [-0.1, -0.05) is 68.9 Å². The van der Waals surface area contributed by atoms with Crippen LogP contribution in [0.2, 0.25) is 0 Å². The highest BCUT2D eigenvalue weighted by molar-refractivity contribution is 8.14. The first kappa shape index (κ1) is 33.1. The van der Waals surface area contributed by atoms with E-state index in [9.17, 15) is 18.0 Å². The number of nitrogens with zero attached hydrogens (tertiary/aromatic N) is 5. The number of carbonyl (C=O) groups is 1. The van der Waals surface area contributed by atoms with Crippen LogP contribution in [0.3, 0.4) is 0 Å². The Bertz CT molecular complexity index is 1670. The maximum absolute atomic E-state index is 12.9. The number of benzene rings is 3.